The van der Waals surface area contributed by atoms with Crippen LogP contribution in [0.25, 0.3) is 0 Å². The highest BCUT2D eigenvalue weighted by Crippen LogP contribution is 2.25. The molecule has 6 nitrogen and oxygen atoms in total. The maximum absolute atomic E-state index is 13.4. The van der Waals surface area contributed by atoms with Crippen molar-refractivity contribution in [2.24, 2.45) is 0 Å². The van der Waals surface area contributed by atoms with E-state index in [9.17, 15) is 9.18 Å². The Morgan fingerprint density at radius 1 is 1.39 bits per heavy atom. The number of ether oxygens (including phenoxy) is 1. The number of rotatable bonds is 6. The van der Waals surface area contributed by atoms with Crippen molar-refractivity contribution in [2.75, 3.05) is 7.11 Å². The van der Waals surface area contributed by atoms with Gasteiger partial charge in [0.15, 0.2) is 0 Å². The molecular formula is C16H21FN4O2. The Hall–Kier alpha value is -2.57. The monoisotopic (exact) mass is 320 g/mol. The van der Waals surface area contributed by atoms with Crippen molar-refractivity contribution in [3.8, 4) is 5.75 Å². The molecule has 1 aromatic carbocycles. The minimum atomic E-state index is -0.391. The van der Waals surface area contributed by atoms with E-state index in [-0.39, 0.29) is 17.9 Å². The van der Waals surface area contributed by atoms with Gasteiger partial charge in [0.2, 0.25) is 0 Å². The second kappa shape index (κ2) is 7.62. The van der Waals surface area contributed by atoms with E-state index < -0.39 is 6.04 Å². The Kier molecular flexibility index (Phi) is 5.56. The third kappa shape index (κ3) is 4.70. The lowest BCUT2D eigenvalue weighted by molar-refractivity contribution is 0.233. The van der Waals surface area contributed by atoms with Gasteiger partial charge in [-0.05, 0) is 38.1 Å². The van der Waals surface area contributed by atoms with E-state index in [1.165, 1.54) is 19.2 Å². The lowest BCUT2D eigenvalue weighted by Gasteiger charge is -2.20. The number of aromatic nitrogens is 2. The fourth-order valence-corrected chi connectivity index (χ4v) is 2.32. The molecule has 0 aliphatic rings. The van der Waals surface area contributed by atoms with E-state index >= 15 is 0 Å². The van der Waals surface area contributed by atoms with Crippen LogP contribution in [0.15, 0.2) is 36.7 Å². The summed E-state index contributed by atoms with van der Waals surface area (Å²) in [6, 6.07) is 5.22. The van der Waals surface area contributed by atoms with Crippen LogP contribution in [0.3, 0.4) is 0 Å². The molecule has 124 valence electrons. The first kappa shape index (κ1) is 16.8. The highest BCUT2D eigenvalue weighted by Gasteiger charge is 2.16. The molecule has 1 heterocycles. The van der Waals surface area contributed by atoms with Crippen molar-refractivity contribution in [1.82, 2.24) is 20.4 Å². The summed E-state index contributed by atoms with van der Waals surface area (Å²) in [5.74, 6) is 0.158. The standard InChI is InChI=1S/C16H21FN4O2/c1-11(10-21-8-4-7-18-21)19-16(22)20-12(2)14-9-13(17)5-6-15(14)23-3/h4-9,11-12H,10H2,1-3H3,(H2,19,20,22)/t11-,12+/m1/s1. The molecule has 0 saturated carbocycles. The number of methoxy groups -OCH3 is 1. The number of nitrogens with zero attached hydrogens (tertiary/aromatic N) is 2. The SMILES string of the molecule is COc1ccc(F)cc1[C@H](C)NC(=O)N[C@H](C)Cn1cccn1. The molecule has 7 heteroatoms. The van der Waals surface area contributed by atoms with E-state index in [0.29, 0.717) is 17.9 Å². The number of carbonyl (C=O) groups is 1. The smallest absolute Gasteiger partial charge is 0.315 e. The highest BCUT2D eigenvalue weighted by molar-refractivity contribution is 5.74. The van der Waals surface area contributed by atoms with Gasteiger partial charge in [0, 0.05) is 24.0 Å². The van der Waals surface area contributed by atoms with Crippen molar-refractivity contribution >= 4 is 6.03 Å². The molecule has 0 aliphatic carbocycles. The Morgan fingerprint density at radius 3 is 2.83 bits per heavy atom. The number of nitrogens with one attached hydrogen (secondary N) is 2. The van der Waals surface area contributed by atoms with Gasteiger partial charge in [-0.25, -0.2) is 9.18 Å². The van der Waals surface area contributed by atoms with Crippen molar-refractivity contribution in [2.45, 2.75) is 32.5 Å². The summed E-state index contributed by atoms with van der Waals surface area (Å²) in [4.78, 5) is 12.1. The molecular weight excluding hydrogens is 299 g/mol. The molecule has 2 N–H and O–H groups in total. The third-order valence-electron chi connectivity index (χ3n) is 3.40. The molecule has 2 aromatic rings. The van der Waals surface area contributed by atoms with Crippen LogP contribution in [0.5, 0.6) is 5.75 Å². The summed E-state index contributed by atoms with van der Waals surface area (Å²) in [6.07, 6.45) is 3.52. The second-order valence-electron chi connectivity index (χ2n) is 5.35. The van der Waals surface area contributed by atoms with E-state index in [0.717, 1.165) is 0 Å². The zero-order valence-electron chi connectivity index (χ0n) is 13.4. The zero-order chi connectivity index (χ0) is 16.8. The van der Waals surface area contributed by atoms with Gasteiger partial charge in [-0.1, -0.05) is 0 Å². The van der Waals surface area contributed by atoms with Gasteiger partial charge < -0.3 is 15.4 Å². The Bertz CT molecular complexity index is 646. The van der Waals surface area contributed by atoms with Gasteiger partial charge in [-0.15, -0.1) is 0 Å². The molecule has 0 radical (unpaired) electrons. The normalized spacial score (nSPS) is 13.2. The molecule has 23 heavy (non-hydrogen) atoms. The maximum Gasteiger partial charge on any atom is 0.315 e. The lowest BCUT2D eigenvalue weighted by Crippen LogP contribution is -2.43. The van der Waals surface area contributed by atoms with Crippen LogP contribution in [0.4, 0.5) is 9.18 Å². The van der Waals surface area contributed by atoms with Gasteiger partial charge in [-0.2, -0.15) is 5.10 Å². The quantitative estimate of drug-likeness (QED) is 0.859. The van der Waals surface area contributed by atoms with Crippen molar-refractivity contribution in [1.29, 1.82) is 0 Å². The minimum Gasteiger partial charge on any atom is -0.496 e. The molecule has 0 unspecified atom stereocenters. The molecule has 0 saturated heterocycles. The van der Waals surface area contributed by atoms with Crippen LogP contribution < -0.4 is 15.4 Å². The van der Waals surface area contributed by atoms with Gasteiger partial charge in [0.25, 0.3) is 0 Å². The fraction of sp³-hybridized carbons (Fsp3) is 0.375. The van der Waals surface area contributed by atoms with Crippen LogP contribution in [-0.4, -0.2) is 29.0 Å². The number of urea groups is 1. The summed E-state index contributed by atoms with van der Waals surface area (Å²) in [7, 11) is 1.51. The predicted molar refractivity (Wildman–Crippen MR) is 84.7 cm³/mol. The first-order valence-electron chi connectivity index (χ1n) is 7.37. The summed E-state index contributed by atoms with van der Waals surface area (Å²) in [5, 5.41) is 9.70. The van der Waals surface area contributed by atoms with Gasteiger partial charge >= 0.3 is 6.03 Å². The highest BCUT2D eigenvalue weighted by atomic mass is 19.1. The van der Waals surface area contributed by atoms with Gasteiger partial charge in [0.05, 0.1) is 19.7 Å². The summed E-state index contributed by atoms with van der Waals surface area (Å²) in [5.41, 5.74) is 0.586. The molecule has 0 aliphatic heterocycles. The second-order valence-corrected chi connectivity index (χ2v) is 5.35. The molecule has 0 spiro atoms. The van der Waals surface area contributed by atoms with Gasteiger partial charge in [-0.3, -0.25) is 4.68 Å². The summed E-state index contributed by atoms with van der Waals surface area (Å²) >= 11 is 0. The van der Waals surface area contributed by atoms with E-state index in [2.05, 4.69) is 15.7 Å². The lowest BCUT2D eigenvalue weighted by atomic mass is 10.1. The third-order valence-corrected chi connectivity index (χ3v) is 3.40. The first-order valence-corrected chi connectivity index (χ1v) is 7.37. The summed E-state index contributed by atoms with van der Waals surface area (Å²) in [6.45, 7) is 4.22. The van der Waals surface area contributed by atoms with Gasteiger partial charge in [0.1, 0.15) is 11.6 Å². The molecule has 2 rings (SSSR count). The number of halogens is 1. The van der Waals surface area contributed by atoms with Crippen LogP contribution in [0.2, 0.25) is 0 Å². The zero-order valence-corrected chi connectivity index (χ0v) is 13.4. The maximum atomic E-state index is 13.4. The molecule has 0 bridgehead atoms. The Morgan fingerprint density at radius 2 is 2.17 bits per heavy atom. The predicted octanol–water partition coefficient (Wildman–Crippen LogP) is 2.48. The van der Waals surface area contributed by atoms with Crippen molar-refractivity contribution in [3.63, 3.8) is 0 Å². The molecule has 2 atom stereocenters. The van der Waals surface area contributed by atoms with Crippen LogP contribution >= 0.6 is 0 Å². The van der Waals surface area contributed by atoms with E-state index in [1.54, 1.807) is 23.9 Å². The largest absolute Gasteiger partial charge is 0.496 e. The van der Waals surface area contributed by atoms with Crippen LogP contribution in [-0.2, 0) is 6.54 Å². The molecule has 1 aromatic heterocycles. The number of amides is 2. The number of carbonyl (C=O) groups excluding carboxylic acids is 1. The average molecular weight is 320 g/mol. The molecule has 0 fully saturated rings. The van der Waals surface area contributed by atoms with Crippen LogP contribution in [0.1, 0.15) is 25.5 Å². The fourth-order valence-electron chi connectivity index (χ4n) is 2.32. The first-order chi connectivity index (χ1) is 11.0. The minimum absolute atomic E-state index is 0.100. The average Bonchev–Trinajstić information content (AvgIpc) is 2.99. The molecule has 2 amide bonds. The topological polar surface area (TPSA) is 68.2 Å². The number of benzene rings is 1. The van der Waals surface area contributed by atoms with E-state index in [4.69, 9.17) is 4.74 Å². The van der Waals surface area contributed by atoms with E-state index in [1.807, 2.05) is 19.2 Å². The van der Waals surface area contributed by atoms with Crippen LogP contribution in [0, 0.1) is 5.82 Å². The number of hydrogen-bond donors (Lipinski definition) is 2. The van der Waals surface area contributed by atoms with Crippen molar-refractivity contribution in [3.05, 3.63) is 48.0 Å². The Balaban J connectivity index is 1.93. The number of hydrogen-bond acceptors (Lipinski definition) is 3. The summed E-state index contributed by atoms with van der Waals surface area (Å²) < 4.78 is 20.4. The van der Waals surface area contributed by atoms with Crippen molar-refractivity contribution < 1.29 is 13.9 Å². The Labute approximate surface area is 134 Å².